The lowest BCUT2D eigenvalue weighted by molar-refractivity contribution is -0.384. The molecule has 16 nitrogen and oxygen atoms in total. The van der Waals surface area contributed by atoms with Gasteiger partial charge < -0.3 is 34.1 Å². The number of ether oxygens (including phenoxy) is 4. The second-order valence-electron chi connectivity index (χ2n) is 18.7. The number of H-pyrrole nitrogens is 1. The molecule has 0 bridgehead atoms. The van der Waals surface area contributed by atoms with E-state index in [1.165, 1.54) is 35.0 Å². The number of methoxy groups -OCH3 is 1. The van der Waals surface area contributed by atoms with Crippen LogP contribution in [0.1, 0.15) is 74.7 Å². The number of carbonyl (C=O) groups is 1. The van der Waals surface area contributed by atoms with Crippen LogP contribution in [0.5, 0.6) is 17.2 Å². The quantitative estimate of drug-likeness (QED) is 0.0707. The van der Waals surface area contributed by atoms with Gasteiger partial charge in [-0.2, -0.15) is 0 Å². The second-order valence-corrected chi connectivity index (χ2v) is 20.8. The molecule has 354 valence electrons. The largest absolute Gasteiger partial charge is 0.489 e. The molecular weight excluding hydrogens is 898 g/mol. The van der Waals surface area contributed by atoms with Crippen molar-refractivity contribution in [1.29, 1.82) is 0 Å². The minimum absolute atomic E-state index is 0.0266. The van der Waals surface area contributed by atoms with E-state index < -0.39 is 37.5 Å². The van der Waals surface area contributed by atoms with Gasteiger partial charge in [0.2, 0.25) is 0 Å². The standard InChI is InChI=1S/C49H56ClN7O9S/c1-49(2)16-14-41(31-4-6-34(50)7-5-31)33(26-49)28-55-18-20-56(21-19-55)36-8-13-42(44(23-36)66-39-22-32-15-17-51-47(32)52-27-39)48(58)54-67(61,62)40-24-43(57(59)60)46-45(25-40)65-30-35(53-46)29-64-38-11-9-37(63-3)10-12-38/h4-8,13,15,17,22-25,27,35,37-38,53H,9-12,14,16,18-21,26,28-30H2,1-3H3,(H,51,52)(H,54,58). The van der Waals surface area contributed by atoms with E-state index in [9.17, 15) is 23.3 Å². The summed E-state index contributed by atoms with van der Waals surface area (Å²) in [5.41, 5.74) is 5.21. The molecule has 1 saturated carbocycles. The van der Waals surface area contributed by atoms with Crippen LogP contribution in [-0.4, -0.2) is 105 Å². The summed E-state index contributed by atoms with van der Waals surface area (Å²) < 4.78 is 53.9. The van der Waals surface area contributed by atoms with Gasteiger partial charge in [0.25, 0.3) is 21.6 Å². The Bertz CT molecular complexity index is 2780. The van der Waals surface area contributed by atoms with E-state index in [1.54, 1.807) is 31.5 Å². The number of fused-ring (bicyclic) bond motifs is 2. The Morgan fingerprint density at radius 3 is 2.52 bits per heavy atom. The third kappa shape index (κ3) is 10.7. The number of nitro benzene ring substituents is 1. The SMILES string of the molecule is COC1CCC(OCC2COc3cc(S(=O)(=O)NC(=O)c4ccc(N5CCN(CC6=C(c7ccc(Cl)cc7)CCC(C)(C)C6)CC5)cc4Oc4cnc5[nH]ccc5c4)cc([N+](=O)[O-])c3N2)CC1. The van der Waals surface area contributed by atoms with E-state index >= 15 is 0 Å². The van der Waals surface area contributed by atoms with E-state index in [0.29, 0.717) is 24.5 Å². The summed E-state index contributed by atoms with van der Waals surface area (Å²) >= 11 is 6.24. The predicted molar refractivity (Wildman–Crippen MR) is 257 cm³/mol. The van der Waals surface area contributed by atoms with E-state index in [0.717, 1.165) is 86.7 Å². The van der Waals surface area contributed by atoms with Gasteiger partial charge in [-0.1, -0.05) is 43.2 Å². The number of nitrogens with one attached hydrogen (secondary N) is 3. The molecule has 2 aliphatic heterocycles. The summed E-state index contributed by atoms with van der Waals surface area (Å²) in [5, 5.41) is 17.0. The number of hydrogen-bond donors (Lipinski definition) is 3. The Labute approximate surface area is 395 Å². The summed E-state index contributed by atoms with van der Waals surface area (Å²) in [6.07, 6.45) is 10.2. The number of sulfonamides is 1. The van der Waals surface area contributed by atoms with E-state index in [4.69, 9.17) is 30.5 Å². The highest BCUT2D eigenvalue weighted by Gasteiger charge is 2.34. The van der Waals surface area contributed by atoms with Gasteiger partial charge in [0.1, 0.15) is 23.8 Å². The number of halogens is 1. The number of aromatic nitrogens is 2. The first-order valence-electron chi connectivity index (χ1n) is 22.8. The molecule has 1 atom stereocenters. The summed E-state index contributed by atoms with van der Waals surface area (Å²) in [5.74, 6) is -0.571. The fraction of sp³-hybridized carbons (Fsp3) is 0.429. The first-order chi connectivity index (χ1) is 32.2. The third-order valence-corrected chi connectivity index (χ3v) is 15.0. The van der Waals surface area contributed by atoms with Gasteiger partial charge in [0.05, 0.1) is 46.4 Å². The normalized spacial score (nSPS) is 21.0. The molecule has 5 aromatic rings. The summed E-state index contributed by atoms with van der Waals surface area (Å²) in [6.45, 7) is 8.90. The van der Waals surface area contributed by atoms with Crippen LogP contribution in [0.25, 0.3) is 16.6 Å². The van der Waals surface area contributed by atoms with Crippen molar-refractivity contribution in [2.45, 2.75) is 81.9 Å². The van der Waals surface area contributed by atoms with Crippen molar-refractivity contribution >= 4 is 61.2 Å². The lowest BCUT2D eigenvalue weighted by atomic mass is 9.73. The second kappa shape index (κ2) is 19.5. The van der Waals surface area contributed by atoms with Crippen LogP contribution in [0, 0.1) is 15.5 Å². The Morgan fingerprint density at radius 2 is 1.78 bits per heavy atom. The van der Waals surface area contributed by atoms with Crippen LogP contribution >= 0.6 is 11.6 Å². The molecular formula is C49H56ClN7O9S. The van der Waals surface area contributed by atoms with Crippen LogP contribution in [0.3, 0.4) is 0 Å². The number of anilines is 2. The number of carbonyl (C=O) groups excluding carboxylic acids is 1. The number of pyridine rings is 1. The zero-order valence-electron chi connectivity index (χ0n) is 37.9. The number of nitrogens with zero attached hydrogens (tertiary/aromatic N) is 4. The van der Waals surface area contributed by atoms with E-state index in [1.807, 2.05) is 18.2 Å². The maximum absolute atomic E-state index is 14.1. The number of nitro groups is 1. The number of allylic oxidation sites excluding steroid dienone is 1. The van der Waals surface area contributed by atoms with Gasteiger partial charge in [-0.3, -0.25) is 19.8 Å². The molecule has 4 aliphatic rings. The average molecular weight is 955 g/mol. The van der Waals surface area contributed by atoms with Crippen molar-refractivity contribution < 1.29 is 37.1 Å². The van der Waals surface area contributed by atoms with Crippen molar-refractivity contribution in [3.8, 4) is 17.2 Å². The smallest absolute Gasteiger partial charge is 0.297 e. The lowest BCUT2D eigenvalue weighted by Crippen LogP contribution is -2.47. The van der Waals surface area contributed by atoms with E-state index in [-0.39, 0.29) is 53.6 Å². The Balaban J connectivity index is 0.917. The molecule has 9 rings (SSSR count). The fourth-order valence-corrected chi connectivity index (χ4v) is 10.8. The van der Waals surface area contributed by atoms with Gasteiger partial charge in [0, 0.05) is 80.3 Å². The molecule has 0 radical (unpaired) electrons. The molecule has 1 saturated heterocycles. The third-order valence-electron chi connectivity index (χ3n) is 13.4. The molecule has 2 aliphatic carbocycles. The summed E-state index contributed by atoms with van der Waals surface area (Å²) in [4.78, 5) is 37.5. The highest BCUT2D eigenvalue weighted by Crippen LogP contribution is 2.44. The zero-order chi connectivity index (χ0) is 46.9. The minimum atomic E-state index is -4.68. The van der Waals surface area contributed by atoms with Gasteiger partial charge in [-0.15, -0.1) is 0 Å². The fourth-order valence-electron chi connectivity index (χ4n) is 9.66. The monoisotopic (exact) mass is 953 g/mol. The zero-order valence-corrected chi connectivity index (χ0v) is 39.5. The Kier molecular flexibility index (Phi) is 13.5. The number of rotatable bonds is 14. The first kappa shape index (κ1) is 46.4. The van der Waals surface area contributed by atoms with Gasteiger partial charge in [0.15, 0.2) is 11.4 Å². The molecule has 1 amide bonds. The van der Waals surface area contributed by atoms with Crippen molar-refractivity contribution in [2.75, 3.05) is 63.3 Å². The Morgan fingerprint density at radius 1 is 1.01 bits per heavy atom. The maximum atomic E-state index is 14.1. The molecule has 1 unspecified atom stereocenters. The van der Waals surface area contributed by atoms with Crippen molar-refractivity contribution in [3.63, 3.8) is 0 Å². The summed E-state index contributed by atoms with van der Waals surface area (Å²) in [6, 6.07) is 18.5. The highest BCUT2D eigenvalue weighted by atomic mass is 35.5. The predicted octanol–water partition coefficient (Wildman–Crippen LogP) is 8.97. The minimum Gasteiger partial charge on any atom is -0.489 e. The molecule has 3 aromatic carbocycles. The molecule has 4 heterocycles. The van der Waals surface area contributed by atoms with Crippen molar-refractivity contribution in [1.82, 2.24) is 19.6 Å². The van der Waals surface area contributed by atoms with Crippen LogP contribution in [0.15, 0.2) is 89.6 Å². The average Bonchev–Trinajstić information content (AvgIpc) is 3.79. The van der Waals surface area contributed by atoms with Crippen molar-refractivity contribution in [3.05, 3.63) is 111 Å². The Hall–Kier alpha value is -5.72. The number of amides is 1. The van der Waals surface area contributed by atoms with Gasteiger partial charge in [-0.05, 0) is 97.9 Å². The number of hydrogen-bond acceptors (Lipinski definition) is 13. The lowest BCUT2D eigenvalue weighted by Gasteiger charge is -2.39. The number of aromatic amines is 1. The molecule has 67 heavy (non-hydrogen) atoms. The van der Waals surface area contributed by atoms with Crippen LogP contribution < -0.4 is 24.4 Å². The molecule has 2 fully saturated rings. The van der Waals surface area contributed by atoms with Crippen LogP contribution in [-0.2, 0) is 19.5 Å². The molecule has 2 aromatic heterocycles. The highest BCUT2D eigenvalue weighted by molar-refractivity contribution is 7.90. The first-order valence-corrected chi connectivity index (χ1v) is 24.7. The number of benzene rings is 3. The van der Waals surface area contributed by atoms with Gasteiger partial charge in [-0.25, -0.2) is 18.1 Å². The van der Waals surface area contributed by atoms with Crippen LogP contribution in [0.2, 0.25) is 5.02 Å². The topological polar surface area (TPSA) is 190 Å². The molecule has 0 spiro atoms. The van der Waals surface area contributed by atoms with Gasteiger partial charge >= 0.3 is 0 Å². The molecule has 18 heteroatoms. The van der Waals surface area contributed by atoms with Crippen molar-refractivity contribution in [2.24, 2.45) is 5.41 Å². The van der Waals surface area contributed by atoms with Crippen LogP contribution in [0.4, 0.5) is 17.1 Å². The maximum Gasteiger partial charge on any atom is 0.297 e. The molecule has 3 N–H and O–H groups in total. The van der Waals surface area contributed by atoms with E-state index in [2.05, 4.69) is 55.8 Å². The number of piperazine rings is 1. The summed E-state index contributed by atoms with van der Waals surface area (Å²) in [7, 11) is -2.97.